The van der Waals surface area contributed by atoms with Crippen molar-refractivity contribution in [2.75, 3.05) is 0 Å². The fourth-order valence-electron chi connectivity index (χ4n) is 4.57. The summed E-state index contributed by atoms with van der Waals surface area (Å²) in [7, 11) is 1.11. The molecular formula is C19H26F2Si. The third-order valence-electron chi connectivity index (χ3n) is 6.03. The minimum atomic E-state index is -0.731. The van der Waals surface area contributed by atoms with Crippen LogP contribution in [0.2, 0.25) is 12.1 Å². The maximum Gasteiger partial charge on any atom is 0.159 e. The van der Waals surface area contributed by atoms with E-state index >= 15 is 0 Å². The van der Waals surface area contributed by atoms with Crippen LogP contribution in [0.25, 0.3) is 0 Å². The van der Waals surface area contributed by atoms with E-state index in [4.69, 9.17) is 0 Å². The Hall–Kier alpha value is -0.703. The van der Waals surface area contributed by atoms with E-state index in [2.05, 4.69) is 6.55 Å². The summed E-state index contributed by atoms with van der Waals surface area (Å²) < 4.78 is 26.5. The van der Waals surface area contributed by atoms with Crippen LogP contribution in [0, 0.1) is 23.5 Å². The molecule has 0 spiro atoms. The molecule has 2 radical (unpaired) electrons. The molecule has 0 N–H and O–H groups in total. The molecule has 0 heterocycles. The molecule has 0 nitrogen and oxygen atoms in total. The van der Waals surface area contributed by atoms with Crippen LogP contribution in [0.1, 0.15) is 62.8 Å². The SMILES string of the molecule is C[Si]C1CCC(C2CCC(c3ccc(F)c(F)c3)CC2)CC1. The predicted molar refractivity (Wildman–Crippen MR) is 88.4 cm³/mol. The molecule has 3 rings (SSSR count). The molecule has 0 aliphatic heterocycles. The van der Waals surface area contributed by atoms with Crippen molar-refractivity contribution < 1.29 is 8.78 Å². The third kappa shape index (κ3) is 3.61. The van der Waals surface area contributed by atoms with Crippen LogP contribution in [0.5, 0.6) is 0 Å². The van der Waals surface area contributed by atoms with Gasteiger partial charge in [0.2, 0.25) is 0 Å². The topological polar surface area (TPSA) is 0 Å². The van der Waals surface area contributed by atoms with Gasteiger partial charge in [-0.2, -0.15) is 0 Å². The first kappa shape index (κ1) is 16.2. The third-order valence-corrected chi connectivity index (χ3v) is 7.43. The standard InChI is InChI=1S/C19H26F2Si/c1-22-17-9-6-14(7-10-17)13-2-4-15(5-3-13)16-8-11-18(20)19(21)12-16/h8,11-15,17H,2-7,9-10H2,1H3. The Bertz CT molecular complexity index is 486. The average molecular weight is 320 g/mol. The minimum absolute atomic E-state index is 0.430. The Morgan fingerprint density at radius 2 is 1.41 bits per heavy atom. The van der Waals surface area contributed by atoms with Crippen molar-refractivity contribution in [2.24, 2.45) is 11.8 Å². The number of hydrogen-bond acceptors (Lipinski definition) is 0. The Labute approximate surface area is 135 Å². The van der Waals surface area contributed by atoms with E-state index in [1.165, 1.54) is 50.7 Å². The first-order valence-electron chi connectivity index (χ1n) is 8.79. The average Bonchev–Trinajstić information content (AvgIpc) is 2.58. The zero-order valence-corrected chi connectivity index (χ0v) is 14.5. The highest BCUT2D eigenvalue weighted by Crippen LogP contribution is 2.44. The molecule has 3 heteroatoms. The summed E-state index contributed by atoms with van der Waals surface area (Å²) in [4.78, 5) is 0. The predicted octanol–water partition coefficient (Wildman–Crippen LogP) is 5.97. The molecule has 2 fully saturated rings. The lowest BCUT2D eigenvalue weighted by atomic mass is 9.70. The highest BCUT2D eigenvalue weighted by atomic mass is 28.2. The summed E-state index contributed by atoms with van der Waals surface area (Å²) >= 11 is 0. The smallest absolute Gasteiger partial charge is 0.159 e. The molecule has 0 aromatic heterocycles. The van der Waals surface area contributed by atoms with E-state index in [1.807, 2.05) is 0 Å². The van der Waals surface area contributed by atoms with Crippen LogP contribution in [-0.2, 0) is 0 Å². The van der Waals surface area contributed by atoms with Crippen molar-refractivity contribution in [3.05, 3.63) is 35.4 Å². The number of rotatable bonds is 3. The Morgan fingerprint density at radius 3 is 1.95 bits per heavy atom. The lowest BCUT2D eigenvalue weighted by molar-refractivity contribution is 0.186. The molecule has 2 aliphatic rings. The number of benzene rings is 1. The summed E-state index contributed by atoms with van der Waals surface area (Å²) in [6.07, 6.45) is 10.5. The van der Waals surface area contributed by atoms with Crippen LogP contribution in [-0.4, -0.2) is 9.52 Å². The summed E-state index contributed by atoms with van der Waals surface area (Å²) in [6, 6.07) is 4.47. The van der Waals surface area contributed by atoms with Gasteiger partial charge < -0.3 is 0 Å². The van der Waals surface area contributed by atoms with E-state index in [-0.39, 0.29) is 0 Å². The van der Waals surface area contributed by atoms with Crippen LogP contribution in [0.3, 0.4) is 0 Å². The van der Waals surface area contributed by atoms with E-state index in [0.717, 1.165) is 45.3 Å². The van der Waals surface area contributed by atoms with Gasteiger partial charge in [0.05, 0.1) is 0 Å². The van der Waals surface area contributed by atoms with Gasteiger partial charge in [-0.15, -0.1) is 0 Å². The van der Waals surface area contributed by atoms with Crippen LogP contribution < -0.4 is 0 Å². The van der Waals surface area contributed by atoms with Gasteiger partial charge >= 0.3 is 0 Å². The summed E-state index contributed by atoms with van der Waals surface area (Å²) in [5.41, 5.74) is 1.99. The molecule has 0 atom stereocenters. The van der Waals surface area contributed by atoms with Gasteiger partial charge in [-0.1, -0.05) is 38.3 Å². The van der Waals surface area contributed by atoms with Crippen LogP contribution in [0.15, 0.2) is 18.2 Å². The van der Waals surface area contributed by atoms with Crippen molar-refractivity contribution >= 4 is 9.52 Å². The summed E-state index contributed by atoms with van der Waals surface area (Å²) in [5.74, 6) is 0.810. The molecule has 2 saturated carbocycles. The zero-order chi connectivity index (χ0) is 15.5. The fraction of sp³-hybridized carbons (Fsp3) is 0.684. The summed E-state index contributed by atoms with van der Waals surface area (Å²) in [6.45, 7) is 2.35. The van der Waals surface area contributed by atoms with Crippen molar-refractivity contribution in [2.45, 2.75) is 69.4 Å². The molecule has 0 unspecified atom stereocenters. The minimum Gasteiger partial charge on any atom is -0.204 e. The van der Waals surface area contributed by atoms with Gasteiger partial charge in [-0.05, 0) is 66.7 Å². The highest BCUT2D eigenvalue weighted by molar-refractivity contribution is 6.35. The molecule has 0 amide bonds. The van der Waals surface area contributed by atoms with Crippen molar-refractivity contribution in [1.82, 2.24) is 0 Å². The second kappa shape index (κ2) is 7.25. The lowest BCUT2D eigenvalue weighted by Crippen LogP contribution is -2.25. The van der Waals surface area contributed by atoms with E-state index in [0.29, 0.717) is 5.92 Å². The van der Waals surface area contributed by atoms with Crippen LogP contribution in [0.4, 0.5) is 8.78 Å². The Kier molecular flexibility index (Phi) is 5.32. The van der Waals surface area contributed by atoms with Gasteiger partial charge in [0.25, 0.3) is 0 Å². The van der Waals surface area contributed by atoms with E-state index in [9.17, 15) is 8.78 Å². The second-order valence-corrected chi connectivity index (χ2v) is 8.58. The molecule has 1 aromatic rings. The van der Waals surface area contributed by atoms with Gasteiger partial charge in [0, 0.05) is 9.52 Å². The van der Waals surface area contributed by atoms with Gasteiger partial charge in [-0.25, -0.2) is 8.78 Å². The van der Waals surface area contributed by atoms with Gasteiger partial charge in [0.1, 0.15) is 0 Å². The van der Waals surface area contributed by atoms with Crippen molar-refractivity contribution in [1.29, 1.82) is 0 Å². The zero-order valence-electron chi connectivity index (χ0n) is 13.5. The fourth-order valence-corrected chi connectivity index (χ4v) is 5.48. The maximum atomic E-state index is 13.4. The first-order chi connectivity index (χ1) is 10.7. The molecule has 22 heavy (non-hydrogen) atoms. The normalized spacial score (nSPS) is 32.9. The van der Waals surface area contributed by atoms with Crippen molar-refractivity contribution in [3.8, 4) is 0 Å². The first-order valence-corrected chi connectivity index (χ1v) is 10.4. The largest absolute Gasteiger partial charge is 0.204 e. The molecule has 2 aliphatic carbocycles. The molecule has 1 aromatic carbocycles. The quantitative estimate of drug-likeness (QED) is 0.602. The Balaban J connectivity index is 1.53. The van der Waals surface area contributed by atoms with E-state index < -0.39 is 11.6 Å². The lowest BCUT2D eigenvalue weighted by Gasteiger charge is -2.37. The maximum absolute atomic E-state index is 13.4. The van der Waals surface area contributed by atoms with E-state index in [1.54, 1.807) is 6.07 Å². The Morgan fingerprint density at radius 1 is 0.818 bits per heavy atom. The highest BCUT2D eigenvalue weighted by Gasteiger charge is 2.31. The van der Waals surface area contributed by atoms with Crippen molar-refractivity contribution in [3.63, 3.8) is 0 Å². The van der Waals surface area contributed by atoms with Gasteiger partial charge in [-0.3, -0.25) is 0 Å². The molecule has 0 saturated heterocycles. The molecule has 0 bridgehead atoms. The molecular weight excluding hydrogens is 294 g/mol. The van der Waals surface area contributed by atoms with Crippen LogP contribution >= 0.6 is 0 Å². The monoisotopic (exact) mass is 320 g/mol. The number of hydrogen-bond donors (Lipinski definition) is 0. The summed E-state index contributed by atoms with van der Waals surface area (Å²) in [5, 5.41) is 0. The number of halogens is 2. The second-order valence-electron chi connectivity index (χ2n) is 7.19. The van der Waals surface area contributed by atoms with Gasteiger partial charge in [0.15, 0.2) is 11.6 Å². The molecule has 120 valence electrons.